The Hall–Kier alpha value is -2.21. The van der Waals surface area contributed by atoms with Gasteiger partial charge < -0.3 is 15.2 Å². The van der Waals surface area contributed by atoms with Crippen LogP contribution in [0.3, 0.4) is 0 Å². The lowest BCUT2D eigenvalue weighted by molar-refractivity contribution is -0.135. The van der Waals surface area contributed by atoms with Crippen molar-refractivity contribution in [2.45, 2.75) is 38.0 Å². The lowest BCUT2D eigenvalue weighted by Gasteiger charge is -2.30. The van der Waals surface area contributed by atoms with Crippen LogP contribution in [0.15, 0.2) is 34.9 Å². The molecule has 1 saturated heterocycles. The van der Waals surface area contributed by atoms with E-state index in [9.17, 15) is 4.79 Å². The molecular weight excluding hydrogens is 304 g/mol. The van der Waals surface area contributed by atoms with E-state index in [2.05, 4.69) is 24.0 Å². The third kappa shape index (κ3) is 3.06. The molecule has 2 heterocycles. The fourth-order valence-corrected chi connectivity index (χ4v) is 3.16. The maximum atomic E-state index is 12.6. The van der Waals surface area contributed by atoms with Gasteiger partial charge in [0.25, 0.3) is 0 Å². The monoisotopic (exact) mass is 328 g/mol. The van der Waals surface area contributed by atoms with Crippen molar-refractivity contribution in [2.75, 3.05) is 19.6 Å². The molecule has 1 aromatic heterocycles. The zero-order chi connectivity index (χ0) is 17.2. The predicted molar refractivity (Wildman–Crippen MR) is 90.5 cm³/mol. The average molecular weight is 328 g/mol. The molecule has 1 amide bonds. The molecule has 2 aromatic rings. The minimum absolute atomic E-state index is 0.0411. The Bertz CT molecular complexity index is 694. The molecule has 1 aromatic carbocycles. The van der Waals surface area contributed by atoms with Crippen LogP contribution in [0, 0.1) is 0 Å². The highest BCUT2D eigenvalue weighted by molar-refractivity contribution is 5.83. The minimum atomic E-state index is -0.377. The van der Waals surface area contributed by atoms with Crippen LogP contribution < -0.4 is 5.73 Å². The predicted octanol–water partition coefficient (Wildman–Crippen LogP) is 2.06. The molecule has 6 heteroatoms. The number of hydrogen-bond donors (Lipinski definition) is 1. The third-order valence-electron chi connectivity index (χ3n) is 4.72. The third-order valence-corrected chi connectivity index (χ3v) is 4.72. The SMILES string of the molecule is CC(C)(c1ccccc1)c1noc(C2CCCN(CCN)C2=O)n1. The number of hydrogen-bond acceptors (Lipinski definition) is 5. The maximum Gasteiger partial charge on any atom is 0.239 e. The number of nitrogens with zero attached hydrogens (tertiary/aromatic N) is 3. The molecule has 0 bridgehead atoms. The van der Waals surface area contributed by atoms with Crippen LogP contribution in [-0.4, -0.2) is 40.6 Å². The van der Waals surface area contributed by atoms with Gasteiger partial charge in [-0.3, -0.25) is 4.79 Å². The van der Waals surface area contributed by atoms with E-state index in [0.717, 1.165) is 24.9 Å². The highest BCUT2D eigenvalue weighted by Crippen LogP contribution is 2.32. The number of carbonyl (C=O) groups excluding carboxylic acids is 1. The quantitative estimate of drug-likeness (QED) is 0.908. The number of rotatable bonds is 5. The molecule has 0 saturated carbocycles. The highest BCUT2D eigenvalue weighted by Gasteiger charge is 2.36. The highest BCUT2D eigenvalue weighted by atomic mass is 16.5. The summed E-state index contributed by atoms with van der Waals surface area (Å²) in [4.78, 5) is 18.9. The molecular formula is C18H24N4O2. The number of nitrogens with two attached hydrogens (primary N) is 1. The van der Waals surface area contributed by atoms with E-state index >= 15 is 0 Å². The fraction of sp³-hybridized carbons (Fsp3) is 0.500. The van der Waals surface area contributed by atoms with Crippen LogP contribution in [-0.2, 0) is 10.2 Å². The Labute approximate surface area is 142 Å². The number of likely N-dealkylation sites (tertiary alicyclic amines) is 1. The molecule has 0 aliphatic carbocycles. The van der Waals surface area contributed by atoms with E-state index in [4.69, 9.17) is 10.3 Å². The van der Waals surface area contributed by atoms with E-state index in [1.54, 1.807) is 4.90 Å². The summed E-state index contributed by atoms with van der Waals surface area (Å²) >= 11 is 0. The van der Waals surface area contributed by atoms with Crippen molar-refractivity contribution in [1.82, 2.24) is 15.0 Å². The molecule has 1 atom stereocenters. The van der Waals surface area contributed by atoms with E-state index in [0.29, 0.717) is 24.8 Å². The molecule has 1 aliphatic rings. The molecule has 1 aliphatic heterocycles. The van der Waals surface area contributed by atoms with Gasteiger partial charge in [0.15, 0.2) is 5.82 Å². The second-order valence-corrected chi connectivity index (χ2v) is 6.76. The van der Waals surface area contributed by atoms with Crippen molar-refractivity contribution in [2.24, 2.45) is 5.73 Å². The minimum Gasteiger partial charge on any atom is -0.341 e. The first-order valence-electron chi connectivity index (χ1n) is 8.42. The summed E-state index contributed by atoms with van der Waals surface area (Å²) in [5, 5.41) is 4.16. The lowest BCUT2D eigenvalue weighted by Crippen LogP contribution is -2.42. The Morgan fingerprint density at radius 2 is 2.08 bits per heavy atom. The van der Waals surface area contributed by atoms with Crippen LogP contribution >= 0.6 is 0 Å². The number of aromatic nitrogens is 2. The number of benzene rings is 1. The van der Waals surface area contributed by atoms with Crippen LogP contribution in [0.5, 0.6) is 0 Å². The van der Waals surface area contributed by atoms with E-state index < -0.39 is 0 Å². The first kappa shape index (κ1) is 16.6. The van der Waals surface area contributed by atoms with Gasteiger partial charge in [-0.15, -0.1) is 0 Å². The van der Waals surface area contributed by atoms with E-state index in [-0.39, 0.29) is 17.2 Å². The maximum absolute atomic E-state index is 12.6. The van der Waals surface area contributed by atoms with Crippen LogP contribution in [0.25, 0.3) is 0 Å². The zero-order valence-electron chi connectivity index (χ0n) is 14.2. The summed E-state index contributed by atoms with van der Waals surface area (Å²) in [6, 6.07) is 10.1. The molecule has 3 rings (SSSR count). The van der Waals surface area contributed by atoms with Gasteiger partial charge in [-0.2, -0.15) is 4.98 Å². The Kier molecular flexibility index (Phi) is 4.66. The number of carbonyl (C=O) groups is 1. The molecule has 1 fully saturated rings. The van der Waals surface area contributed by atoms with Crippen molar-refractivity contribution in [3.63, 3.8) is 0 Å². The standard InChI is InChI=1S/C18H24N4O2/c1-18(2,13-7-4-3-5-8-13)17-20-15(24-21-17)14-9-6-11-22(12-10-19)16(14)23/h3-5,7-8,14H,6,9-12,19H2,1-2H3. The van der Waals surface area contributed by atoms with Crippen LogP contribution in [0.2, 0.25) is 0 Å². The molecule has 6 nitrogen and oxygen atoms in total. The first-order chi connectivity index (χ1) is 11.5. The summed E-state index contributed by atoms with van der Waals surface area (Å²) in [5.41, 5.74) is 6.32. The van der Waals surface area contributed by atoms with Gasteiger partial charge in [-0.25, -0.2) is 0 Å². The molecule has 2 N–H and O–H groups in total. The molecule has 0 spiro atoms. The van der Waals surface area contributed by atoms with Gasteiger partial charge in [-0.1, -0.05) is 35.5 Å². The first-order valence-corrected chi connectivity index (χ1v) is 8.42. The lowest BCUT2D eigenvalue weighted by atomic mass is 9.84. The topological polar surface area (TPSA) is 85.3 Å². The molecule has 128 valence electrons. The summed E-state index contributed by atoms with van der Waals surface area (Å²) in [6.07, 6.45) is 1.67. The van der Waals surface area contributed by atoms with Gasteiger partial charge in [0, 0.05) is 19.6 Å². The normalized spacial score (nSPS) is 18.9. The second-order valence-electron chi connectivity index (χ2n) is 6.76. The second kappa shape index (κ2) is 6.73. The Morgan fingerprint density at radius 3 is 2.79 bits per heavy atom. The van der Waals surface area contributed by atoms with Crippen molar-refractivity contribution < 1.29 is 9.32 Å². The molecule has 24 heavy (non-hydrogen) atoms. The van der Waals surface area contributed by atoms with Crippen molar-refractivity contribution >= 4 is 5.91 Å². The van der Waals surface area contributed by atoms with Crippen LogP contribution in [0.1, 0.15) is 49.9 Å². The zero-order valence-corrected chi connectivity index (χ0v) is 14.2. The summed E-state index contributed by atoms with van der Waals surface area (Å²) < 4.78 is 5.47. The molecule has 1 unspecified atom stereocenters. The Balaban J connectivity index is 1.84. The van der Waals surface area contributed by atoms with Gasteiger partial charge in [0.05, 0.1) is 5.41 Å². The van der Waals surface area contributed by atoms with Gasteiger partial charge in [0.1, 0.15) is 5.92 Å². The van der Waals surface area contributed by atoms with E-state index in [1.807, 2.05) is 30.3 Å². The largest absolute Gasteiger partial charge is 0.341 e. The van der Waals surface area contributed by atoms with Crippen molar-refractivity contribution in [3.05, 3.63) is 47.6 Å². The Morgan fingerprint density at radius 1 is 1.33 bits per heavy atom. The van der Waals surface area contributed by atoms with Gasteiger partial charge >= 0.3 is 0 Å². The van der Waals surface area contributed by atoms with Gasteiger partial charge in [-0.05, 0) is 32.3 Å². The van der Waals surface area contributed by atoms with Crippen molar-refractivity contribution in [3.8, 4) is 0 Å². The fourth-order valence-electron chi connectivity index (χ4n) is 3.16. The molecule has 0 radical (unpaired) electrons. The average Bonchev–Trinajstić information content (AvgIpc) is 3.08. The number of piperidine rings is 1. The summed E-state index contributed by atoms with van der Waals surface area (Å²) in [6.45, 7) is 5.91. The smallest absolute Gasteiger partial charge is 0.239 e. The van der Waals surface area contributed by atoms with Crippen LogP contribution in [0.4, 0.5) is 0 Å². The number of amides is 1. The summed E-state index contributed by atoms with van der Waals surface area (Å²) in [5.74, 6) is 0.714. The van der Waals surface area contributed by atoms with Crippen molar-refractivity contribution in [1.29, 1.82) is 0 Å². The van der Waals surface area contributed by atoms with E-state index in [1.165, 1.54) is 0 Å². The van der Waals surface area contributed by atoms with Gasteiger partial charge in [0.2, 0.25) is 11.8 Å². The summed E-state index contributed by atoms with van der Waals surface area (Å²) in [7, 11) is 0.